The molecule has 0 aromatic carbocycles. The number of piperidine rings is 1. The predicted octanol–water partition coefficient (Wildman–Crippen LogP) is 2.18. The minimum atomic E-state index is -0.503. The normalized spacial score (nSPS) is 17.3. The molecule has 0 bridgehead atoms. The average molecular weight is 284 g/mol. The fourth-order valence-corrected chi connectivity index (χ4v) is 2.23. The Morgan fingerprint density at radius 1 is 1.45 bits per heavy atom. The van der Waals surface area contributed by atoms with Crippen LogP contribution in [0.3, 0.4) is 0 Å². The lowest BCUT2D eigenvalue weighted by molar-refractivity contribution is 0.0181. The van der Waals surface area contributed by atoms with E-state index in [0.29, 0.717) is 25.9 Å². The standard InChI is InChI=1S/C13H21FN4O2/c1-13(2,3)20-12(19)17-6-4-9(5-7-17)18-11(14)10(15)8-16-18/h8-9H,4-7,15H2,1-3H3. The third-order valence-electron chi connectivity index (χ3n) is 3.22. The first-order chi connectivity index (χ1) is 9.28. The molecule has 2 heterocycles. The van der Waals surface area contributed by atoms with Gasteiger partial charge in [-0.3, -0.25) is 0 Å². The molecule has 6 nitrogen and oxygen atoms in total. The second-order valence-corrected chi connectivity index (χ2v) is 6.03. The van der Waals surface area contributed by atoms with Gasteiger partial charge >= 0.3 is 6.09 Å². The molecular formula is C13H21FN4O2. The summed E-state index contributed by atoms with van der Waals surface area (Å²) in [5.41, 5.74) is 5.00. The van der Waals surface area contributed by atoms with Crippen LogP contribution in [0.25, 0.3) is 0 Å². The van der Waals surface area contributed by atoms with Crippen LogP contribution in [0.1, 0.15) is 39.7 Å². The fourth-order valence-electron chi connectivity index (χ4n) is 2.23. The van der Waals surface area contributed by atoms with E-state index in [1.807, 2.05) is 20.8 Å². The Kier molecular flexibility index (Phi) is 3.87. The lowest BCUT2D eigenvalue weighted by atomic mass is 10.1. The van der Waals surface area contributed by atoms with Crippen LogP contribution >= 0.6 is 0 Å². The van der Waals surface area contributed by atoms with Crippen LogP contribution in [0.2, 0.25) is 0 Å². The molecule has 2 N–H and O–H groups in total. The monoisotopic (exact) mass is 284 g/mol. The molecule has 0 saturated carbocycles. The van der Waals surface area contributed by atoms with Crippen molar-refractivity contribution < 1.29 is 13.9 Å². The van der Waals surface area contributed by atoms with E-state index in [1.165, 1.54) is 10.9 Å². The number of carbonyl (C=O) groups is 1. The molecule has 0 spiro atoms. The van der Waals surface area contributed by atoms with E-state index < -0.39 is 11.5 Å². The van der Waals surface area contributed by atoms with Crippen LogP contribution in [0.5, 0.6) is 0 Å². The maximum absolute atomic E-state index is 13.7. The van der Waals surface area contributed by atoms with E-state index >= 15 is 0 Å². The summed E-state index contributed by atoms with van der Waals surface area (Å²) >= 11 is 0. The van der Waals surface area contributed by atoms with Gasteiger partial charge in [-0.25, -0.2) is 9.48 Å². The molecule has 0 aliphatic carbocycles. The van der Waals surface area contributed by atoms with Crippen molar-refractivity contribution in [3.8, 4) is 0 Å². The van der Waals surface area contributed by atoms with Gasteiger partial charge < -0.3 is 15.4 Å². The summed E-state index contributed by atoms with van der Waals surface area (Å²) in [5.74, 6) is -0.499. The van der Waals surface area contributed by atoms with Gasteiger partial charge in [0.25, 0.3) is 0 Å². The molecule has 1 aliphatic rings. The highest BCUT2D eigenvalue weighted by Crippen LogP contribution is 2.25. The first-order valence-electron chi connectivity index (χ1n) is 6.74. The number of hydrogen-bond donors (Lipinski definition) is 1. The van der Waals surface area contributed by atoms with Crippen molar-refractivity contribution in [3.63, 3.8) is 0 Å². The van der Waals surface area contributed by atoms with Gasteiger partial charge in [-0.05, 0) is 33.6 Å². The molecular weight excluding hydrogens is 263 g/mol. The van der Waals surface area contributed by atoms with Crippen molar-refractivity contribution >= 4 is 11.8 Å². The molecule has 1 aliphatic heterocycles. The number of amides is 1. The topological polar surface area (TPSA) is 73.4 Å². The predicted molar refractivity (Wildman–Crippen MR) is 72.7 cm³/mol. The van der Waals surface area contributed by atoms with Gasteiger partial charge in [-0.2, -0.15) is 9.49 Å². The van der Waals surface area contributed by atoms with Crippen molar-refractivity contribution in [1.29, 1.82) is 0 Å². The lowest BCUT2D eigenvalue weighted by Crippen LogP contribution is -2.42. The molecule has 1 aromatic rings. The minimum absolute atomic E-state index is 0.0552. The number of rotatable bonds is 1. The van der Waals surface area contributed by atoms with Gasteiger partial charge in [0.05, 0.1) is 12.2 Å². The number of halogens is 1. The van der Waals surface area contributed by atoms with Crippen LogP contribution in [-0.4, -0.2) is 39.5 Å². The smallest absolute Gasteiger partial charge is 0.410 e. The van der Waals surface area contributed by atoms with Crippen LogP contribution in [-0.2, 0) is 4.74 Å². The van der Waals surface area contributed by atoms with Crippen LogP contribution < -0.4 is 5.73 Å². The highest BCUT2D eigenvalue weighted by molar-refractivity contribution is 5.68. The zero-order chi connectivity index (χ0) is 14.9. The maximum atomic E-state index is 13.7. The minimum Gasteiger partial charge on any atom is -0.444 e. The molecule has 112 valence electrons. The summed E-state index contributed by atoms with van der Waals surface area (Å²) in [5, 5.41) is 3.95. The molecule has 1 aromatic heterocycles. The Bertz CT molecular complexity index is 487. The number of nitrogens with two attached hydrogens (primary N) is 1. The van der Waals surface area contributed by atoms with E-state index in [1.54, 1.807) is 4.90 Å². The quantitative estimate of drug-likeness (QED) is 0.857. The second kappa shape index (κ2) is 5.30. The molecule has 1 fully saturated rings. The van der Waals surface area contributed by atoms with Crippen LogP contribution in [0.4, 0.5) is 14.9 Å². The van der Waals surface area contributed by atoms with Gasteiger partial charge in [-0.1, -0.05) is 0 Å². The number of ether oxygens (including phenoxy) is 1. The van der Waals surface area contributed by atoms with Gasteiger partial charge in [0.15, 0.2) is 0 Å². The molecule has 1 amide bonds. The Morgan fingerprint density at radius 2 is 2.05 bits per heavy atom. The fraction of sp³-hybridized carbons (Fsp3) is 0.692. The summed E-state index contributed by atoms with van der Waals surface area (Å²) in [6.45, 7) is 6.55. The Balaban J connectivity index is 1.93. The second-order valence-electron chi connectivity index (χ2n) is 6.03. The summed E-state index contributed by atoms with van der Waals surface area (Å²) < 4.78 is 20.3. The molecule has 2 rings (SSSR count). The number of carbonyl (C=O) groups excluding carboxylic acids is 1. The van der Waals surface area contributed by atoms with E-state index in [0.717, 1.165) is 0 Å². The molecule has 20 heavy (non-hydrogen) atoms. The zero-order valence-electron chi connectivity index (χ0n) is 12.1. The summed E-state index contributed by atoms with van der Waals surface area (Å²) in [6.07, 6.45) is 2.26. The lowest BCUT2D eigenvalue weighted by Gasteiger charge is -2.33. The summed E-state index contributed by atoms with van der Waals surface area (Å²) in [7, 11) is 0. The highest BCUT2D eigenvalue weighted by Gasteiger charge is 2.29. The van der Waals surface area contributed by atoms with E-state index in [4.69, 9.17) is 10.5 Å². The van der Waals surface area contributed by atoms with E-state index in [2.05, 4.69) is 5.10 Å². The van der Waals surface area contributed by atoms with E-state index in [9.17, 15) is 9.18 Å². The van der Waals surface area contributed by atoms with Crippen molar-refractivity contribution in [2.75, 3.05) is 18.8 Å². The summed E-state index contributed by atoms with van der Waals surface area (Å²) in [6, 6.07) is -0.0639. The van der Waals surface area contributed by atoms with Gasteiger partial charge in [-0.15, -0.1) is 0 Å². The molecule has 0 atom stereocenters. The van der Waals surface area contributed by atoms with Crippen molar-refractivity contribution in [1.82, 2.24) is 14.7 Å². The first kappa shape index (κ1) is 14.6. The number of hydrogen-bond acceptors (Lipinski definition) is 4. The average Bonchev–Trinajstić information content (AvgIpc) is 2.68. The molecule has 0 radical (unpaired) electrons. The van der Waals surface area contributed by atoms with Crippen molar-refractivity contribution in [2.45, 2.75) is 45.3 Å². The Morgan fingerprint density at radius 3 is 2.50 bits per heavy atom. The zero-order valence-corrected chi connectivity index (χ0v) is 12.1. The third kappa shape index (κ3) is 3.20. The van der Waals surface area contributed by atoms with Gasteiger partial charge in [0, 0.05) is 13.1 Å². The first-order valence-corrected chi connectivity index (χ1v) is 6.74. The Hall–Kier alpha value is -1.79. The molecule has 1 saturated heterocycles. The largest absolute Gasteiger partial charge is 0.444 e. The SMILES string of the molecule is CC(C)(C)OC(=O)N1CCC(n2ncc(N)c2F)CC1. The highest BCUT2D eigenvalue weighted by atomic mass is 19.1. The summed E-state index contributed by atoms with van der Waals surface area (Å²) in [4.78, 5) is 13.6. The number of likely N-dealkylation sites (tertiary alicyclic amines) is 1. The van der Waals surface area contributed by atoms with Gasteiger partial charge in [0.1, 0.15) is 11.3 Å². The third-order valence-corrected chi connectivity index (χ3v) is 3.22. The number of nitrogen functional groups attached to an aromatic ring is 1. The van der Waals surface area contributed by atoms with Crippen molar-refractivity contribution in [2.24, 2.45) is 0 Å². The van der Waals surface area contributed by atoms with E-state index in [-0.39, 0.29) is 17.8 Å². The van der Waals surface area contributed by atoms with Crippen molar-refractivity contribution in [3.05, 3.63) is 12.1 Å². The number of aromatic nitrogens is 2. The van der Waals surface area contributed by atoms with Crippen LogP contribution in [0, 0.1) is 5.95 Å². The number of nitrogens with zero attached hydrogens (tertiary/aromatic N) is 3. The maximum Gasteiger partial charge on any atom is 0.410 e. The van der Waals surface area contributed by atoms with Crippen LogP contribution in [0.15, 0.2) is 6.20 Å². The molecule has 0 unspecified atom stereocenters. The Labute approximate surface area is 117 Å². The number of anilines is 1. The molecule has 7 heteroatoms. The van der Waals surface area contributed by atoms with Gasteiger partial charge in [0.2, 0.25) is 5.95 Å².